The first kappa shape index (κ1) is 31.7. The van der Waals surface area contributed by atoms with Gasteiger partial charge in [0.1, 0.15) is 29.9 Å². The topological polar surface area (TPSA) is 108 Å². The number of aldehydes is 1. The molecule has 3 fully saturated rings. The lowest BCUT2D eigenvalue weighted by atomic mass is 9.77. The van der Waals surface area contributed by atoms with Crippen LogP contribution in [0.3, 0.4) is 0 Å². The van der Waals surface area contributed by atoms with Gasteiger partial charge in [0.25, 0.3) is 0 Å². The molecule has 0 unspecified atom stereocenters. The number of aromatic nitrogens is 2. The maximum absolute atomic E-state index is 14.3. The number of carbonyl (C=O) groups is 3. The molecular weight excluding hydrogens is 570 g/mol. The highest BCUT2D eigenvalue weighted by Crippen LogP contribution is 2.54. The van der Waals surface area contributed by atoms with Gasteiger partial charge in [-0.15, -0.1) is 0 Å². The van der Waals surface area contributed by atoms with Crippen LogP contribution < -0.4 is 9.47 Å². The standard InChI is InChI=1S/C36H49N3O6/c1-6-24-28(21-40)39-20-30(24)45-33-32(37-26-14-13-23(43-5)18-27(26)38-33)36(16-17-36)15-8-7-10-22-11-9-12-29(22)44-31(41)19-25(34(39)42)35(2,3)4/h13-14,18,21-22,24-25,28-30H,6-12,15-17,19-20H2,1-5H3/t22-,24+,25-,28-,29-,30+/m1/s1. The molecule has 6 atom stereocenters. The van der Waals surface area contributed by atoms with Crippen LogP contribution in [0.15, 0.2) is 18.2 Å². The quantitative estimate of drug-likeness (QED) is 0.296. The number of esters is 1. The normalized spacial score (nSPS) is 30.6. The van der Waals surface area contributed by atoms with Crippen molar-refractivity contribution in [2.75, 3.05) is 13.7 Å². The van der Waals surface area contributed by atoms with Crippen LogP contribution in [0.1, 0.15) is 104 Å². The third-order valence-corrected chi connectivity index (χ3v) is 11.1. The van der Waals surface area contributed by atoms with E-state index in [4.69, 9.17) is 24.2 Å². The zero-order chi connectivity index (χ0) is 31.9. The predicted molar refractivity (Wildman–Crippen MR) is 170 cm³/mol. The van der Waals surface area contributed by atoms with Crippen molar-refractivity contribution >= 4 is 29.2 Å². The van der Waals surface area contributed by atoms with Gasteiger partial charge in [-0.25, -0.2) is 9.97 Å². The zero-order valence-corrected chi connectivity index (χ0v) is 27.5. The molecule has 2 bridgehead atoms. The number of hydrogen-bond donors (Lipinski definition) is 0. The molecule has 2 saturated carbocycles. The second-order valence-corrected chi connectivity index (χ2v) is 14.9. The van der Waals surface area contributed by atoms with Gasteiger partial charge in [0, 0.05) is 17.4 Å². The third kappa shape index (κ3) is 6.28. The molecular formula is C36H49N3O6. The van der Waals surface area contributed by atoms with Gasteiger partial charge >= 0.3 is 5.97 Å². The van der Waals surface area contributed by atoms with Crippen LogP contribution in [-0.2, 0) is 24.5 Å². The van der Waals surface area contributed by atoms with Gasteiger partial charge in [-0.1, -0.05) is 40.5 Å². The van der Waals surface area contributed by atoms with E-state index < -0.39 is 23.5 Å². The van der Waals surface area contributed by atoms with Crippen LogP contribution in [0.2, 0.25) is 0 Å². The van der Waals surface area contributed by atoms with E-state index in [9.17, 15) is 14.4 Å². The highest BCUT2D eigenvalue weighted by Gasteiger charge is 2.51. The molecule has 6 rings (SSSR count). The minimum Gasteiger partial charge on any atom is -0.497 e. The molecule has 1 amide bonds. The molecule has 0 radical (unpaired) electrons. The fourth-order valence-electron chi connectivity index (χ4n) is 8.12. The Bertz CT molecular complexity index is 1430. The van der Waals surface area contributed by atoms with E-state index in [0.717, 1.165) is 75.3 Å². The summed E-state index contributed by atoms with van der Waals surface area (Å²) in [5.74, 6) is 0.200. The molecule has 2 aromatic rings. The van der Waals surface area contributed by atoms with E-state index in [-0.39, 0.29) is 42.3 Å². The molecule has 0 N–H and O–H groups in total. The van der Waals surface area contributed by atoms with Crippen LogP contribution in [0.5, 0.6) is 11.6 Å². The summed E-state index contributed by atoms with van der Waals surface area (Å²) in [6.07, 6.45) is 10.2. The van der Waals surface area contributed by atoms with Crippen LogP contribution in [0, 0.1) is 23.2 Å². The van der Waals surface area contributed by atoms with Crippen molar-refractivity contribution in [3.63, 3.8) is 0 Å². The number of ether oxygens (including phenoxy) is 3. The van der Waals surface area contributed by atoms with Gasteiger partial charge in [-0.2, -0.15) is 0 Å². The van der Waals surface area contributed by atoms with Gasteiger partial charge in [0.05, 0.1) is 43.1 Å². The second-order valence-electron chi connectivity index (χ2n) is 14.9. The van der Waals surface area contributed by atoms with Crippen molar-refractivity contribution in [1.82, 2.24) is 14.9 Å². The third-order valence-electron chi connectivity index (χ3n) is 11.1. The Morgan fingerprint density at radius 2 is 1.78 bits per heavy atom. The van der Waals surface area contributed by atoms with E-state index >= 15 is 0 Å². The Labute approximate surface area is 266 Å². The lowest BCUT2D eigenvalue weighted by Gasteiger charge is -2.34. The van der Waals surface area contributed by atoms with Crippen LogP contribution in [0.4, 0.5) is 0 Å². The van der Waals surface area contributed by atoms with Crippen molar-refractivity contribution < 1.29 is 28.6 Å². The number of fused-ring (bicyclic) bond motifs is 6. The average Bonchev–Trinajstić information content (AvgIpc) is 3.53. The van der Waals surface area contributed by atoms with Crippen molar-refractivity contribution in [1.29, 1.82) is 0 Å². The predicted octanol–water partition coefficient (Wildman–Crippen LogP) is 6.19. The molecule has 2 aliphatic heterocycles. The molecule has 244 valence electrons. The summed E-state index contributed by atoms with van der Waals surface area (Å²) in [6, 6.07) is 5.08. The Balaban J connectivity index is 1.41. The summed E-state index contributed by atoms with van der Waals surface area (Å²) in [5, 5.41) is 0. The van der Waals surface area contributed by atoms with Gasteiger partial charge in [0.2, 0.25) is 11.8 Å². The molecule has 2 aliphatic carbocycles. The molecule has 9 heteroatoms. The summed E-state index contributed by atoms with van der Waals surface area (Å²) in [5.41, 5.74) is 1.78. The summed E-state index contributed by atoms with van der Waals surface area (Å²) < 4.78 is 18.4. The van der Waals surface area contributed by atoms with Crippen LogP contribution >= 0.6 is 0 Å². The Morgan fingerprint density at radius 1 is 1.00 bits per heavy atom. The molecule has 45 heavy (non-hydrogen) atoms. The fourth-order valence-corrected chi connectivity index (χ4v) is 8.12. The smallest absolute Gasteiger partial charge is 0.306 e. The average molecular weight is 620 g/mol. The number of nitrogens with zero attached hydrogens (tertiary/aromatic N) is 3. The number of rotatable bonds is 3. The maximum atomic E-state index is 14.3. The molecule has 9 nitrogen and oxygen atoms in total. The molecule has 1 aromatic heterocycles. The van der Waals surface area contributed by atoms with Crippen LogP contribution in [-0.4, -0.2) is 64.9 Å². The molecule has 3 heterocycles. The Kier molecular flexibility index (Phi) is 8.83. The van der Waals surface area contributed by atoms with Gasteiger partial charge in [-0.3, -0.25) is 9.59 Å². The Hall–Kier alpha value is -3.23. The van der Waals surface area contributed by atoms with E-state index in [1.54, 1.807) is 12.0 Å². The number of methoxy groups -OCH3 is 1. The van der Waals surface area contributed by atoms with Gasteiger partial charge < -0.3 is 23.9 Å². The minimum atomic E-state index is -0.651. The first-order valence-electron chi connectivity index (χ1n) is 17.0. The lowest BCUT2D eigenvalue weighted by molar-refractivity contribution is -0.157. The maximum Gasteiger partial charge on any atom is 0.306 e. The summed E-state index contributed by atoms with van der Waals surface area (Å²) >= 11 is 0. The van der Waals surface area contributed by atoms with Crippen molar-refractivity contribution in [2.24, 2.45) is 23.2 Å². The number of amides is 1. The van der Waals surface area contributed by atoms with Gasteiger partial charge in [-0.05, 0) is 74.8 Å². The second kappa shape index (κ2) is 12.5. The highest BCUT2D eigenvalue weighted by molar-refractivity contribution is 5.87. The zero-order valence-electron chi connectivity index (χ0n) is 27.5. The fraction of sp³-hybridized carbons (Fsp3) is 0.694. The van der Waals surface area contributed by atoms with E-state index in [1.807, 2.05) is 45.9 Å². The largest absolute Gasteiger partial charge is 0.497 e. The molecule has 1 spiro atoms. The summed E-state index contributed by atoms with van der Waals surface area (Å²) in [7, 11) is 1.63. The summed E-state index contributed by atoms with van der Waals surface area (Å²) in [4.78, 5) is 52.2. The Morgan fingerprint density at radius 3 is 2.47 bits per heavy atom. The van der Waals surface area contributed by atoms with E-state index in [0.29, 0.717) is 29.5 Å². The number of benzene rings is 1. The molecule has 4 aliphatic rings. The van der Waals surface area contributed by atoms with E-state index in [1.165, 1.54) is 0 Å². The minimum absolute atomic E-state index is 0.000592. The molecule has 1 aromatic carbocycles. The summed E-state index contributed by atoms with van der Waals surface area (Å²) in [6.45, 7) is 8.20. The van der Waals surface area contributed by atoms with Gasteiger partial charge in [0.15, 0.2) is 0 Å². The van der Waals surface area contributed by atoms with Crippen LogP contribution in [0.25, 0.3) is 11.0 Å². The first-order valence-corrected chi connectivity index (χ1v) is 17.0. The van der Waals surface area contributed by atoms with Crippen molar-refractivity contribution in [2.45, 2.75) is 122 Å². The number of hydrogen-bond acceptors (Lipinski definition) is 8. The number of carbonyl (C=O) groups excluding carboxylic acids is 3. The molecule has 1 saturated heterocycles. The van der Waals surface area contributed by atoms with Crippen molar-refractivity contribution in [3.05, 3.63) is 23.9 Å². The first-order chi connectivity index (χ1) is 21.6. The monoisotopic (exact) mass is 619 g/mol. The van der Waals surface area contributed by atoms with Crippen molar-refractivity contribution in [3.8, 4) is 11.6 Å². The highest BCUT2D eigenvalue weighted by atomic mass is 16.5. The van der Waals surface area contributed by atoms with E-state index in [2.05, 4.69) is 0 Å². The SMILES string of the molecule is CC[C@@H]1[C@@H]2CN(C(=O)[C@H](C(C)(C)C)CC(=O)O[C@@H]3CCC[C@H]3CCCCC3(CC3)c3nc4ccc(OC)cc4nc3O2)[C@@H]1C=O. The lowest BCUT2D eigenvalue weighted by Crippen LogP contribution is -2.46.